The van der Waals surface area contributed by atoms with E-state index in [1.807, 2.05) is 84.9 Å². The second-order valence-electron chi connectivity index (χ2n) is 18.5. The number of fused-ring (bicyclic) bond motifs is 2. The second kappa shape index (κ2) is 18.5. The van der Waals surface area contributed by atoms with Gasteiger partial charge in [0.25, 0.3) is 0 Å². The maximum atomic E-state index is 16.2. The van der Waals surface area contributed by atoms with Crippen molar-refractivity contribution in [2.24, 2.45) is 0 Å². The summed E-state index contributed by atoms with van der Waals surface area (Å²) >= 11 is 0. The minimum absolute atomic E-state index is 0.143. The molecule has 1 aliphatic carbocycles. The van der Waals surface area contributed by atoms with Crippen LogP contribution in [0.1, 0.15) is 43.2 Å². The summed E-state index contributed by atoms with van der Waals surface area (Å²) in [6.45, 7) is 0. The zero-order valence-corrected chi connectivity index (χ0v) is 39.7. The van der Waals surface area contributed by atoms with Crippen LogP contribution in [0.25, 0.3) is 78.0 Å². The van der Waals surface area contributed by atoms with Crippen LogP contribution >= 0.6 is 7.14 Å². The fraction of sp³-hybridized carbons (Fsp3) is 0.0923. The summed E-state index contributed by atoms with van der Waals surface area (Å²) in [4.78, 5) is 15.4. The number of nitrogens with zero attached hydrogens (tertiary/aromatic N) is 3. The molecule has 1 aliphatic rings. The molecule has 0 N–H and O–H groups in total. The van der Waals surface area contributed by atoms with Crippen molar-refractivity contribution >= 4 is 44.6 Å². The lowest BCUT2D eigenvalue weighted by molar-refractivity contribution is 0.346. The molecule has 4 nitrogen and oxygen atoms in total. The molecular formula is C65H50N3OP. The number of benzene rings is 10. The van der Waals surface area contributed by atoms with Gasteiger partial charge in [0.1, 0.15) is 0 Å². The molecule has 0 aliphatic heterocycles. The fourth-order valence-electron chi connectivity index (χ4n) is 11.1. The van der Waals surface area contributed by atoms with Crippen LogP contribution in [0.2, 0.25) is 0 Å². The van der Waals surface area contributed by atoms with Gasteiger partial charge in [0.15, 0.2) is 24.6 Å². The zero-order valence-electron chi connectivity index (χ0n) is 38.8. The normalized spacial score (nSPS) is 13.6. The monoisotopic (exact) mass is 919 g/mol. The quantitative estimate of drug-likeness (QED) is 0.101. The molecule has 0 radical (unpaired) electrons. The van der Waals surface area contributed by atoms with Crippen molar-refractivity contribution in [2.75, 3.05) is 0 Å². The van der Waals surface area contributed by atoms with E-state index in [-0.39, 0.29) is 5.41 Å². The highest BCUT2D eigenvalue weighted by Crippen LogP contribution is 2.50. The third-order valence-electron chi connectivity index (χ3n) is 14.5. The van der Waals surface area contributed by atoms with Crippen LogP contribution in [0, 0.1) is 0 Å². The van der Waals surface area contributed by atoms with Crippen molar-refractivity contribution in [3.63, 3.8) is 0 Å². The lowest BCUT2D eigenvalue weighted by Gasteiger charge is -2.39. The topological polar surface area (TPSA) is 55.7 Å². The summed E-state index contributed by atoms with van der Waals surface area (Å²) in [5.41, 5.74) is 9.87. The molecule has 5 heteroatoms. The Morgan fingerprint density at radius 1 is 0.329 bits per heavy atom. The predicted octanol–water partition coefficient (Wildman–Crippen LogP) is 15.4. The van der Waals surface area contributed by atoms with Gasteiger partial charge in [-0.3, -0.25) is 0 Å². The summed E-state index contributed by atoms with van der Waals surface area (Å²) in [5.74, 6) is 1.94. The molecule has 0 spiro atoms. The van der Waals surface area contributed by atoms with E-state index >= 15 is 4.57 Å². The lowest BCUT2D eigenvalue weighted by atomic mass is 9.65. The van der Waals surface area contributed by atoms with Gasteiger partial charge < -0.3 is 4.57 Å². The third kappa shape index (κ3) is 7.66. The Labute approximate surface area is 409 Å². The molecule has 0 bridgehead atoms. The van der Waals surface area contributed by atoms with Crippen LogP contribution in [0.4, 0.5) is 0 Å². The van der Waals surface area contributed by atoms with E-state index in [1.165, 1.54) is 30.4 Å². The van der Waals surface area contributed by atoms with Crippen molar-refractivity contribution in [3.8, 4) is 56.4 Å². The highest BCUT2D eigenvalue weighted by atomic mass is 31.2. The predicted molar refractivity (Wildman–Crippen MR) is 292 cm³/mol. The van der Waals surface area contributed by atoms with Crippen LogP contribution in [0.3, 0.4) is 0 Å². The summed E-state index contributed by atoms with van der Waals surface area (Å²) in [5, 5.41) is 6.78. The highest BCUT2D eigenvalue weighted by molar-refractivity contribution is 7.86. The van der Waals surface area contributed by atoms with Gasteiger partial charge in [-0.2, -0.15) is 0 Å². The minimum atomic E-state index is -3.33. The van der Waals surface area contributed by atoms with Crippen molar-refractivity contribution in [1.29, 1.82) is 0 Å². The van der Waals surface area contributed by atoms with Gasteiger partial charge in [-0.05, 0) is 67.8 Å². The molecule has 1 aromatic heterocycles. The van der Waals surface area contributed by atoms with E-state index in [2.05, 4.69) is 158 Å². The van der Waals surface area contributed by atoms with Crippen molar-refractivity contribution < 1.29 is 4.57 Å². The van der Waals surface area contributed by atoms with Crippen molar-refractivity contribution in [3.05, 3.63) is 254 Å². The molecule has 1 fully saturated rings. The molecule has 0 unspecified atom stereocenters. The maximum absolute atomic E-state index is 16.2. The highest BCUT2D eigenvalue weighted by Gasteiger charge is 2.37. The number of rotatable bonds is 10. The van der Waals surface area contributed by atoms with E-state index in [4.69, 9.17) is 15.0 Å². The van der Waals surface area contributed by atoms with E-state index < -0.39 is 7.14 Å². The smallest absolute Gasteiger partial charge is 0.172 e. The van der Waals surface area contributed by atoms with Gasteiger partial charge in [0.2, 0.25) is 0 Å². The van der Waals surface area contributed by atoms with Gasteiger partial charge in [0.05, 0.1) is 0 Å². The average molecular weight is 920 g/mol. The standard InChI is InChI=1S/C65H50N3OP/c69-70(52-26-10-3-11-27-52,53-28-12-4-13-29-53)61-57-33-17-15-31-55(57)60(56-32-16-18-34-58(56)61)47-36-40-50(41-37-47)65(44-20-5-21-45-65)51-42-38-49(39-43-51)63-66-62(48-24-8-2-9-25-48)67-64(68-63)59-35-19-14-30-54(59)46-22-6-1-7-23-46/h1-4,6-19,22-43H,5,20-21,44-45H2. The molecule has 0 atom stereocenters. The molecule has 12 rings (SSSR count). The first-order chi connectivity index (χ1) is 34.6. The van der Waals surface area contributed by atoms with E-state index in [9.17, 15) is 0 Å². The average Bonchev–Trinajstić information content (AvgIpc) is 3.45. The first-order valence-corrected chi connectivity index (χ1v) is 26.1. The molecule has 1 heterocycles. The summed E-state index contributed by atoms with van der Waals surface area (Å²) in [6.07, 6.45) is 5.72. The largest absolute Gasteiger partial charge is 0.309 e. The Balaban J connectivity index is 0.949. The van der Waals surface area contributed by atoms with Crippen LogP contribution < -0.4 is 15.9 Å². The maximum Gasteiger partial charge on any atom is 0.172 e. The fourth-order valence-corrected chi connectivity index (χ4v) is 14.2. The Bertz CT molecular complexity index is 3590. The molecular weight excluding hydrogens is 870 g/mol. The van der Waals surface area contributed by atoms with Crippen molar-refractivity contribution in [1.82, 2.24) is 15.0 Å². The molecule has 10 aromatic carbocycles. The van der Waals surface area contributed by atoms with Gasteiger partial charge in [0, 0.05) is 38.0 Å². The Hall–Kier alpha value is -8.04. The van der Waals surface area contributed by atoms with E-state index in [0.717, 1.165) is 89.2 Å². The molecule has 1 saturated carbocycles. The molecule has 70 heavy (non-hydrogen) atoms. The van der Waals surface area contributed by atoms with E-state index in [0.29, 0.717) is 17.5 Å². The summed E-state index contributed by atoms with van der Waals surface area (Å²) < 4.78 is 16.2. The Kier molecular flexibility index (Phi) is 11.4. The molecule has 11 aromatic rings. The number of aromatic nitrogens is 3. The van der Waals surface area contributed by atoms with E-state index in [1.54, 1.807) is 0 Å². The molecule has 0 saturated heterocycles. The molecule has 336 valence electrons. The SMILES string of the molecule is O=P(c1ccccc1)(c1ccccc1)c1c2ccccc2c(-c2ccc(C3(c4ccc(-c5nc(-c6ccccc6)nc(-c6ccccc6-c6ccccc6)n5)cc4)CCCCC3)cc2)c2ccccc12. The first-order valence-electron chi connectivity index (χ1n) is 24.4. The minimum Gasteiger partial charge on any atom is -0.309 e. The van der Waals surface area contributed by atoms with Crippen LogP contribution in [0.15, 0.2) is 243 Å². The van der Waals surface area contributed by atoms with Crippen LogP contribution in [-0.4, -0.2) is 15.0 Å². The van der Waals surface area contributed by atoms with Gasteiger partial charge >= 0.3 is 0 Å². The summed E-state index contributed by atoms with van der Waals surface area (Å²) in [6, 6.07) is 84.7. The second-order valence-corrected chi connectivity index (χ2v) is 21.2. The van der Waals surface area contributed by atoms with Crippen molar-refractivity contribution in [2.45, 2.75) is 37.5 Å². The number of hydrogen-bond donors (Lipinski definition) is 0. The lowest BCUT2D eigenvalue weighted by Crippen LogP contribution is -2.30. The Morgan fingerprint density at radius 3 is 1.23 bits per heavy atom. The van der Waals surface area contributed by atoms with Crippen LogP contribution in [0.5, 0.6) is 0 Å². The zero-order chi connectivity index (χ0) is 46.9. The van der Waals surface area contributed by atoms with Gasteiger partial charge in [-0.15, -0.1) is 0 Å². The Morgan fingerprint density at radius 2 is 0.714 bits per heavy atom. The van der Waals surface area contributed by atoms with Gasteiger partial charge in [-0.25, -0.2) is 15.0 Å². The summed E-state index contributed by atoms with van der Waals surface area (Å²) in [7, 11) is -3.33. The number of hydrogen-bond acceptors (Lipinski definition) is 4. The third-order valence-corrected chi connectivity index (χ3v) is 17.7. The van der Waals surface area contributed by atoms with Crippen LogP contribution in [-0.2, 0) is 9.98 Å². The first kappa shape index (κ1) is 43.3. The van der Waals surface area contributed by atoms with Gasteiger partial charge in [-0.1, -0.05) is 262 Å². The molecule has 0 amide bonds.